The fourth-order valence-electron chi connectivity index (χ4n) is 1.99. The van der Waals surface area contributed by atoms with Gasteiger partial charge in [-0.3, -0.25) is 4.79 Å². The summed E-state index contributed by atoms with van der Waals surface area (Å²) >= 11 is 0. The van der Waals surface area contributed by atoms with E-state index in [1.165, 1.54) is 0 Å². The van der Waals surface area contributed by atoms with Crippen LogP contribution in [0.15, 0.2) is 36.4 Å². The molecule has 0 radical (unpaired) electrons. The predicted octanol–water partition coefficient (Wildman–Crippen LogP) is 1.92. The molecule has 4 heteroatoms. The van der Waals surface area contributed by atoms with Crippen LogP contribution < -0.4 is 11.1 Å². The van der Waals surface area contributed by atoms with Crippen LogP contribution in [0.2, 0.25) is 0 Å². The molecule has 4 nitrogen and oxygen atoms in total. The third-order valence-electron chi connectivity index (χ3n) is 3.03. The molecule has 100 valence electrons. The molecular weight excluding hydrogens is 240 g/mol. The predicted molar refractivity (Wildman–Crippen MR) is 77.0 cm³/mol. The van der Waals surface area contributed by atoms with E-state index >= 15 is 0 Å². The van der Waals surface area contributed by atoms with E-state index in [9.17, 15) is 4.79 Å². The quantitative estimate of drug-likeness (QED) is 0.566. The summed E-state index contributed by atoms with van der Waals surface area (Å²) in [5, 5.41) is 13.5. The van der Waals surface area contributed by atoms with Crippen molar-refractivity contribution < 1.29 is 9.90 Å². The number of aliphatic hydroxyl groups is 1. The van der Waals surface area contributed by atoms with Crippen molar-refractivity contribution in [3.8, 4) is 0 Å². The molecule has 0 saturated carbocycles. The summed E-state index contributed by atoms with van der Waals surface area (Å²) in [5.74, 6) is -0.166. The minimum Gasteiger partial charge on any atom is -0.398 e. The van der Waals surface area contributed by atoms with E-state index in [4.69, 9.17) is 10.8 Å². The summed E-state index contributed by atoms with van der Waals surface area (Å²) in [7, 11) is 0. The van der Waals surface area contributed by atoms with Gasteiger partial charge in [-0.15, -0.1) is 0 Å². The summed E-state index contributed by atoms with van der Waals surface area (Å²) in [5.41, 5.74) is 6.90. The lowest BCUT2D eigenvalue weighted by molar-refractivity contribution is 0.0953. The van der Waals surface area contributed by atoms with Crippen molar-refractivity contribution in [2.75, 3.05) is 18.9 Å². The molecule has 0 heterocycles. The molecule has 0 atom stereocenters. The Balaban J connectivity index is 2.15. The SMILES string of the molecule is Nc1cc2ccccc2cc1C(=O)NCCCCO. The molecule has 0 aliphatic carbocycles. The number of anilines is 1. The third kappa shape index (κ3) is 3.23. The average molecular weight is 258 g/mol. The van der Waals surface area contributed by atoms with Crippen LogP contribution in [-0.4, -0.2) is 24.2 Å². The molecule has 0 fully saturated rings. The summed E-state index contributed by atoms with van der Waals surface area (Å²) in [6.07, 6.45) is 1.45. The van der Waals surface area contributed by atoms with Crippen LogP contribution in [0.4, 0.5) is 5.69 Å². The van der Waals surface area contributed by atoms with Gasteiger partial charge in [0.05, 0.1) is 5.56 Å². The zero-order valence-corrected chi connectivity index (χ0v) is 10.7. The first kappa shape index (κ1) is 13.4. The number of hydrogen-bond donors (Lipinski definition) is 3. The molecule has 0 aliphatic heterocycles. The van der Waals surface area contributed by atoms with Crippen molar-refractivity contribution in [2.45, 2.75) is 12.8 Å². The lowest BCUT2D eigenvalue weighted by Gasteiger charge is -2.09. The van der Waals surface area contributed by atoms with Crippen LogP contribution in [-0.2, 0) is 0 Å². The third-order valence-corrected chi connectivity index (χ3v) is 3.03. The number of hydrogen-bond acceptors (Lipinski definition) is 3. The number of benzene rings is 2. The first-order valence-electron chi connectivity index (χ1n) is 6.39. The number of nitrogens with two attached hydrogens (primary N) is 1. The number of rotatable bonds is 5. The Kier molecular flexibility index (Phi) is 4.36. The topological polar surface area (TPSA) is 75.4 Å². The second-order valence-electron chi connectivity index (χ2n) is 4.47. The van der Waals surface area contributed by atoms with Gasteiger partial charge in [0, 0.05) is 18.8 Å². The second-order valence-corrected chi connectivity index (χ2v) is 4.47. The molecule has 4 N–H and O–H groups in total. The van der Waals surface area contributed by atoms with Gasteiger partial charge in [0.15, 0.2) is 0 Å². The molecule has 0 saturated heterocycles. The van der Waals surface area contributed by atoms with Crippen LogP contribution in [0.5, 0.6) is 0 Å². The number of unbranched alkanes of at least 4 members (excludes halogenated alkanes) is 1. The maximum atomic E-state index is 12.0. The lowest BCUT2D eigenvalue weighted by Crippen LogP contribution is -2.25. The Morgan fingerprint density at radius 3 is 2.53 bits per heavy atom. The summed E-state index contributed by atoms with van der Waals surface area (Å²) in [6.45, 7) is 0.694. The van der Waals surface area contributed by atoms with Gasteiger partial charge in [0.25, 0.3) is 5.91 Å². The second kappa shape index (κ2) is 6.20. The highest BCUT2D eigenvalue weighted by atomic mass is 16.2. The van der Waals surface area contributed by atoms with Gasteiger partial charge < -0.3 is 16.2 Å². The molecule has 1 amide bonds. The highest BCUT2D eigenvalue weighted by Crippen LogP contribution is 2.21. The van der Waals surface area contributed by atoms with E-state index in [0.717, 1.165) is 17.2 Å². The first-order valence-corrected chi connectivity index (χ1v) is 6.39. The van der Waals surface area contributed by atoms with Crippen LogP contribution in [0.3, 0.4) is 0 Å². The van der Waals surface area contributed by atoms with E-state index in [1.54, 1.807) is 0 Å². The fraction of sp³-hybridized carbons (Fsp3) is 0.267. The lowest BCUT2D eigenvalue weighted by atomic mass is 10.0. The Labute approximate surface area is 112 Å². The van der Waals surface area contributed by atoms with Gasteiger partial charge >= 0.3 is 0 Å². The van der Waals surface area contributed by atoms with Crippen molar-refractivity contribution in [3.05, 3.63) is 42.0 Å². The molecule has 0 aliphatic rings. The zero-order chi connectivity index (χ0) is 13.7. The molecule has 2 aromatic rings. The van der Waals surface area contributed by atoms with E-state index < -0.39 is 0 Å². The van der Waals surface area contributed by atoms with Crippen molar-refractivity contribution in [1.29, 1.82) is 0 Å². The van der Waals surface area contributed by atoms with Crippen molar-refractivity contribution in [3.63, 3.8) is 0 Å². The van der Waals surface area contributed by atoms with Gasteiger partial charge in [0.1, 0.15) is 0 Å². The number of amides is 1. The maximum Gasteiger partial charge on any atom is 0.253 e. The minimum absolute atomic E-state index is 0.147. The van der Waals surface area contributed by atoms with E-state index in [1.807, 2.05) is 36.4 Å². The van der Waals surface area contributed by atoms with Crippen LogP contribution >= 0.6 is 0 Å². The maximum absolute atomic E-state index is 12.0. The molecule has 0 spiro atoms. The molecule has 0 aromatic heterocycles. The standard InChI is InChI=1S/C15H18N2O2/c16-14-10-12-6-2-1-5-11(12)9-13(14)15(19)17-7-3-4-8-18/h1-2,5-6,9-10,18H,3-4,7-8,16H2,(H,17,19). The Bertz CT molecular complexity index is 581. The number of aliphatic hydroxyl groups excluding tert-OH is 1. The first-order chi connectivity index (χ1) is 9.22. The highest BCUT2D eigenvalue weighted by molar-refractivity contribution is 6.03. The molecule has 2 rings (SSSR count). The number of carbonyl (C=O) groups is 1. The van der Waals surface area contributed by atoms with Gasteiger partial charge in [-0.1, -0.05) is 24.3 Å². The highest BCUT2D eigenvalue weighted by Gasteiger charge is 2.10. The van der Waals surface area contributed by atoms with Crippen LogP contribution in [0.25, 0.3) is 10.8 Å². The average Bonchev–Trinajstić information content (AvgIpc) is 2.42. The summed E-state index contributed by atoms with van der Waals surface area (Å²) < 4.78 is 0. The molecule has 0 bridgehead atoms. The Morgan fingerprint density at radius 2 is 1.84 bits per heavy atom. The Hall–Kier alpha value is -2.07. The van der Waals surface area contributed by atoms with Crippen molar-refractivity contribution in [2.24, 2.45) is 0 Å². The van der Waals surface area contributed by atoms with E-state index in [0.29, 0.717) is 24.2 Å². The van der Waals surface area contributed by atoms with Crippen LogP contribution in [0, 0.1) is 0 Å². The number of fused-ring (bicyclic) bond motifs is 1. The normalized spacial score (nSPS) is 10.6. The number of carbonyl (C=O) groups excluding carboxylic acids is 1. The van der Waals surface area contributed by atoms with Gasteiger partial charge in [-0.2, -0.15) is 0 Å². The van der Waals surface area contributed by atoms with Crippen molar-refractivity contribution >= 4 is 22.4 Å². The minimum atomic E-state index is -0.166. The molecule has 2 aromatic carbocycles. The zero-order valence-electron chi connectivity index (χ0n) is 10.7. The molecular formula is C15H18N2O2. The largest absolute Gasteiger partial charge is 0.398 e. The van der Waals surface area contributed by atoms with Gasteiger partial charge in [0.2, 0.25) is 0 Å². The van der Waals surface area contributed by atoms with Crippen LogP contribution in [0.1, 0.15) is 23.2 Å². The number of nitrogen functional groups attached to an aromatic ring is 1. The van der Waals surface area contributed by atoms with E-state index in [-0.39, 0.29) is 12.5 Å². The molecule has 19 heavy (non-hydrogen) atoms. The Morgan fingerprint density at radius 1 is 1.16 bits per heavy atom. The monoisotopic (exact) mass is 258 g/mol. The van der Waals surface area contributed by atoms with E-state index in [2.05, 4.69) is 5.32 Å². The smallest absolute Gasteiger partial charge is 0.253 e. The number of nitrogens with one attached hydrogen (secondary N) is 1. The fourth-order valence-corrected chi connectivity index (χ4v) is 1.99. The van der Waals surface area contributed by atoms with Gasteiger partial charge in [-0.25, -0.2) is 0 Å². The van der Waals surface area contributed by atoms with Crippen molar-refractivity contribution in [1.82, 2.24) is 5.32 Å². The summed E-state index contributed by atoms with van der Waals surface area (Å²) in [6, 6.07) is 11.4. The van der Waals surface area contributed by atoms with Gasteiger partial charge in [-0.05, 0) is 35.7 Å². The molecule has 0 unspecified atom stereocenters. The summed E-state index contributed by atoms with van der Waals surface area (Å²) in [4.78, 5) is 12.0.